The van der Waals surface area contributed by atoms with Crippen LogP contribution >= 0.6 is 0 Å². The van der Waals surface area contributed by atoms with Gasteiger partial charge >= 0.3 is 6.09 Å². The minimum Gasteiger partial charge on any atom is -0.443 e. The number of benzene rings is 1. The lowest BCUT2D eigenvalue weighted by Gasteiger charge is -2.33. The second-order valence-electron chi connectivity index (χ2n) is 7.15. The molecule has 25 heavy (non-hydrogen) atoms. The van der Waals surface area contributed by atoms with Crippen molar-refractivity contribution in [3.05, 3.63) is 23.3 Å². The van der Waals surface area contributed by atoms with Crippen molar-refractivity contribution in [2.75, 3.05) is 23.4 Å². The van der Waals surface area contributed by atoms with Crippen LogP contribution in [0.5, 0.6) is 0 Å². The van der Waals surface area contributed by atoms with Gasteiger partial charge in [0.25, 0.3) is 6.43 Å². The van der Waals surface area contributed by atoms with Gasteiger partial charge in [0.15, 0.2) is 0 Å². The topological polar surface area (TPSA) is 49.9 Å². The molecule has 0 aromatic heterocycles. The number of nitrogens with zero attached hydrogens (tertiary/aromatic N) is 2. The highest BCUT2D eigenvalue weighted by Gasteiger charge is 2.30. The van der Waals surface area contributed by atoms with Crippen molar-refractivity contribution in [2.24, 2.45) is 0 Å². The second-order valence-corrected chi connectivity index (χ2v) is 7.15. The molecule has 138 valence electrons. The summed E-state index contributed by atoms with van der Waals surface area (Å²) in [7, 11) is 1.46. The fourth-order valence-electron chi connectivity index (χ4n) is 2.78. The van der Waals surface area contributed by atoms with E-state index in [2.05, 4.69) is 0 Å². The summed E-state index contributed by atoms with van der Waals surface area (Å²) in [6.07, 6.45) is -1.97. The molecule has 2 rings (SSSR count). The number of carbonyl (C=O) groups is 2. The Kier molecular flexibility index (Phi) is 5.34. The molecule has 0 aliphatic carbocycles. The molecule has 7 heteroatoms. The number of hydrogen-bond acceptors (Lipinski definition) is 3. The minimum absolute atomic E-state index is 0.173. The molecule has 1 aliphatic heterocycles. The van der Waals surface area contributed by atoms with Gasteiger partial charge in [-0.15, -0.1) is 0 Å². The van der Waals surface area contributed by atoms with Gasteiger partial charge in [-0.3, -0.25) is 9.69 Å². The molecule has 0 unspecified atom stereocenters. The van der Waals surface area contributed by atoms with E-state index in [1.165, 1.54) is 29.8 Å². The minimum atomic E-state index is -2.76. The van der Waals surface area contributed by atoms with Gasteiger partial charge in [0.1, 0.15) is 5.60 Å². The zero-order chi connectivity index (χ0) is 18.9. The molecule has 0 N–H and O–H groups in total. The van der Waals surface area contributed by atoms with Gasteiger partial charge in [0.2, 0.25) is 5.91 Å². The summed E-state index contributed by atoms with van der Waals surface area (Å²) >= 11 is 0. The fourth-order valence-corrected chi connectivity index (χ4v) is 2.78. The first-order chi connectivity index (χ1) is 11.5. The van der Waals surface area contributed by atoms with Crippen LogP contribution in [0.3, 0.4) is 0 Å². The largest absolute Gasteiger partial charge is 0.443 e. The number of alkyl halides is 2. The average Bonchev–Trinajstić information content (AvgIpc) is 2.50. The third kappa shape index (κ3) is 4.27. The zero-order valence-electron chi connectivity index (χ0n) is 15.2. The first-order valence-corrected chi connectivity index (χ1v) is 8.21. The molecular weight excluding hydrogens is 330 g/mol. The summed E-state index contributed by atoms with van der Waals surface area (Å²) in [5.74, 6) is -0.332. The average molecular weight is 354 g/mol. The molecule has 1 aromatic rings. The summed E-state index contributed by atoms with van der Waals surface area (Å²) in [4.78, 5) is 26.6. The van der Waals surface area contributed by atoms with Crippen molar-refractivity contribution >= 4 is 23.4 Å². The molecule has 2 amide bonds. The molecule has 0 atom stereocenters. The van der Waals surface area contributed by atoms with E-state index in [9.17, 15) is 18.4 Å². The van der Waals surface area contributed by atoms with Gasteiger partial charge < -0.3 is 9.64 Å². The van der Waals surface area contributed by atoms with Crippen molar-refractivity contribution in [3.8, 4) is 0 Å². The van der Waals surface area contributed by atoms with E-state index in [4.69, 9.17) is 4.74 Å². The Morgan fingerprint density at radius 1 is 1.28 bits per heavy atom. The lowest BCUT2D eigenvalue weighted by Crippen LogP contribution is -2.40. The molecule has 0 radical (unpaired) electrons. The summed E-state index contributed by atoms with van der Waals surface area (Å²) in [5.41, 5.74) is 0.412. The second kappa shape index (κ2) is 6.98. The third-order valence-corrected chi connectivity index (χ3v) is 4.03. The number of aryl methyl sites for hydroxylation is 1. The Labute approximate surface area is 146 Å². The molecule has 1 aromatic carbocycles. The predicted octanol–water partition coefficient (Wildman–Crippen LogP) is 4.29. The van der Waals surface area contributed by atoms with E-state index >= 15 is 0 Å². The number of carbonyl (C=O) groups excluding carboxylic acids is 2. The number of halogens is 2. The quantitative estimate of drug-likeness (QED) is 0.796. The first kappa shape index (κ1) is 19.1. The molecule has 0 bridgehead atoms. The molecule has 1 aliphatic rings. The Balaban J connectivity index is 2.49. The first-order valence-electron chi connectivity index (χ1n) is 8.21. The lowest BCUT2D eigenvalue weighted by molar-refractivity contribution is -0.116. The molecule has 0 spiro atoms. The maximum Gasteiger partial charge on any atom is 0.414 e. The van der Waals surface area contributed by atoms with Gasteiger partial charge in [-0.25, -0.2) is 13.6 Å². The van der Waals surface area contributed by atoms with Crippen molar-refractivity contribution in [2.45, 2.75) is 52.6 Å². The van der Waals surface area contributed by atoms with Crippen LogP contribution in [0.25, 0.3) is 0 Å². The Morgan fingerprint density at radius 2 is 1.92 bits per heavy atom. The molecule has 0 saturated carbocycles. The Hall–Kier alpha value is -2.18. The highest BCUT2D eigenvalue weighted by Crippen LogP contribution is 2.38. The van der Waals surface area contributed by atoms with E-state index in [0.717, 1.165) is 5.56 Å². The number of amides is 2. The third-order valence-electron chi connectivity index (χ3n) is 4.03. The summed E-state index contributed by atoms with van der Waals surface area (Å²) in [5, 5.41) is 0. The molecular formula is C18H24F2N2O3. The van der Waals surface area contributed by atoms with Crippen molar-refractivity contribution in [1.82, 2.24) is 0 Å². The molecule has 0 fully saturated rings. The SMILES string of the molecule is CC(=O)N(C)c1cc2c(cc1C(F)F)N(C(=O)OC(C)(C)C)CCC2. The predicted molar refractivity (Wildman–Crippen MR) is 92.4 cm³/mol. The summed E-state index contributed by atoms with van der Waals surface area (Å²) in [6, 6.07) is 2.88. The summed E-state index contributed by atoms with van der Waals surface area (Å²) in [6.45, 7) is 7.00. The Morgan fingerprint density at radius 3 is 2.44 bits per heavy atom. The number of rotatable bonds is 2. The Bertz CT molecular complexity index is 684. The monoisotopic (exact) mass is 354 g/mol. The van der Waals surface area contributed by atoms with E-state index in [0.29, 0.717) is 25.1 Å². The van der Waals surface area contributed by atoms with Gasteiger partial charge in [-0.05, 0) is 51.3 Å². The summed E-state index contributed by atoms with van der Waals surface area (Å²) < 4.78 is 32.5. The van der Waals surface area contributed by atoms with Gasteiger partial charge in [0.05, 0.1) is 11.4 Å². The van der Waals surface area contributed by atoms with Crippen LogP contribution in [-0.2, 0) is 16.0 Å². The standard InChI is InChI=1S/C18H24F2N2O3/c1-11(23)21(5)15-9-12-7-6-8-22(17(24)25-18(2,3)4)14(12)10-13(15)16(19)20/h9-10,16H,6-8H2,1-5H3. The normalized spacial score (nSPS) is 14.3. The number of ether oxygens (including phenoxy) is 1. The van der Waals surface area contributed by atoms with Crippen LogP contribution in [-0.4, -0.2) is 31.2 Å². The van der Waals surface area contributed by atoms with E-state index in [-0.39, 0.29) is 17.2 Å². The number of anilines is 2. The molecule has 1 heterocycles. The highest BCUT2D eigenvalue weighted by atomic mass is 19.3. The maximum absolute atomic E-state index is 13.5. The van der Waals surface area contributed by atoms with E-state index in [1.807, 2.05) is 0 Å². The van der Waals surface area contributed by atoms with Crippen LogP contribution in [0.1, 0.15) is 51.7 Å². The van der Waals surface area contributed by atoms with E-state index < -0.39 is 18.1 Å². The van der Waals surface area contributed by atoms with E-state index in [1.54, 1.807) is 26.8 Å². The van der Waals surface area contributed by atoms with Crippen LogP contribution in [0.15, 0.2) is 12.1 Å². The molecule has 0 saturated heterocycles. The lowest BCUT2D eigenvalue weighted by atomic mass is 9.97. The highest BCUT2D eigenvalue weighted by molar-refractivity contribution is 5.94. The van der Waals surface area contributed by atoms with Crippen LogP contribution in [0.4, 0.5) is 25.0 Å². The smallest absolute Gasteiger partial charge is 0.414 e. The number of hydrogen-bond donors (Lipinski definition) is 0. The molecule has 5 nitrogen and oxygen atoms in total. The number of fused-ring (bicyclic) bond motifs is 1. The van der Waals surface area contributed by atoms with Crippen LogP contribution in [0.2, 0.25) is 0 Å². The zero-order valence-corrected chi connectivity index (χ0v) is 15.2. The maximum atomic E-state index is 13.5. The van der Waals surface area contributed by atoms with Crippen LogP contribution < -0.4 is 9.80 Å². The fraction of sp³-hybridized carbons (Fsp3) is 0.556. The van der Waals surface area contributed by atoms with Crippen molar-refractivity contribution in [1.29, 1.82) is 0 Å². The van der Waals surface area contributed by atoms with Crippen LogP contribution in [0, 0.1) is 0 Å². The van der Waals surface area contributed by atoms with Gasteiger partial charge in [0, 0.05) is 26.1 Å². The van der Waals surface area contributed by atoms with Gasteiger partial charge in [-0.1, -0.05) is 0 Å². The van der Waals surface area contributed by atoms with Gasteiger partial charge in [-0.2, -0.15) is 0 Å². The van der Waals surface area contributed by atoms with Crippen molar-refractivity contribution in [3.63, 3.8) is 0 Å². The van der Waals surface area contributed by atoms with Crippen molar-refractivity contribution < 1.29 is 23.1 Å².